The van der Waals surface area contributed by atoms with Crippen LogP contribution in [-0.2, 0) is 17.7 Å². The molecule has 21 heavy (non-hydrogen) atoms. The van der Waals surface area contributed by atoms with Crippen LogP contribution in [0.1, 0.15) is 41.6 Å². The van der Waals surface area contributed by atoms with E-state index in [0.717, 1.165) is 10.4 Å². The minimum atomic E-state index is -0.847. The number of rotatable bonds is 1. The van der Waals surface area contributed by atoms with Crippen molar-refractivity contribution in [3.63, 3.8) is 0 Å². The molecule has 1 aromatic rings. The summed E-state index contributed by atoms with van der Waals surface area (Å²) >= 11 is 1.29. The van der Waals surface area contributed by atoms with Gasteiger partial charge in [-0.3, -0.25) is 0 Å². The monoisotopic (exact) mass is 313 g/mol. The number of carbonyl (C=O) groups is 2. The lowest BCUT2D eigenvalue weighted by Gasteiger charge is -2.45. The molecule has 3 N–H and O–H groups in total. The van der Waals surface area contributed by atoms with E-state index in [4.69, 9.17) is 10.5 Å². The molecule has 7 heteroatoms. The fourth-order valence-electron chi connectivity index (χ4n) is 2.90. The molecule has 0 bridgehead atoms. The van der Waals surface area contributed by atoms with Crippen molar-refractivity contribution >= 4 is 28.4 Å². The summed E-state index contributed by atoms with van der Waals surface area (Å²) in [6.07, 6.45) is -0.337. The van der Waals surface area contributed by atoms with E-state index in [2.05, 4.69) is 0 Å². The van der Waals surface area contributed by atoms with E-state index in [-0.39, 0.29) is 4.48 Å². The van der Waals surface area contributed by atoms with Crippen molar-refractivity contribution in [2.45, 2.75) is 39.3 Å². The molecule has 2 rings (SSSR count). The van der Waals surface area contributed by atoms with Gasteiger partial charge in [0.05, 0.1) is 24.1 Å². The number of nitrogens with zero attached hydrogens (tertiary/aromatic N) is 1. The number of esters is 1. The maximum Gasteiger partial charge on any atom is 0.514 e. The molecule has 0 aromatic carbocycles. The van der Waals surface area contributed by atoms with Crippen LogP contribution in [0, 0.1) is 0 Å². The first-order valence-corrected chi connectivity index (χ1v) is 7.54. The highest BCUT2D eigenvalue weighted by Crippen LogP contribution is 2.41. The number of nitrogen functional groups attached to an aromatic ring is 1. The van der Waals surface area contributed by atoms with Crippen LogP contribution >= 0.6 is 11.3 Å². The number of quaternary nitrogens is 1. The third-order valence-corrected chi connectivity index (χ3v) is 5.36. The van der Waals surface area contributed by atoms with Gasteiger partial charge in [0, 0.05) is 6.42 Å². The quantitative estimate of drug-likeness (QED) is 0.614. The molecule has 116 valence electrons. The molecule has 1 aliphatic rings. The van der Waals surface area contributed by atoms with E-state index in [9.17, 15) is 14.7 Å². The molecule has 0 spiro atoms. The maximum atomic E-state index is 11.9. The summed E-state index contributed by atoms with van der Waals surface area (Å²) in [5, 5.41) is 10.1. The third kappa shape index (κ3) is 2.30. The molecule has 0 radical (unpaired) electrons. The Bertz CT molecular complexity index is 603. The highest BCUT2D eigenvalue weighted by Gasteiger charge is 2.51. The van der Waals surface area contributed by atoms with Crippen LogP contribution in [0.25, 0.3) is 0 Å². The molecule has 6 nitrogen and oxygen atoms in total. The molecular weight excluding hydrogens is 292 g/mol. The Hall–Kier alpha value is -1.60. The summed E-state index contributed by atoms with van der Waals surface area (Å²) in [5.74, 6) is -0.448. The zero-order valence-corrected chi connectivity index (χ0v) is 13.5. The summed E-state index contributed by atoms with van der Waals surface area (Å²) in [6.45, 7) is 6.55. The zero-order chi connectivity index (χ0) is 16.0. The first-order valence-electron chi connectivity index (χ1n) is 6.73. The lowest BCUT2D eigenvalue weighted by molar-refractivity contribution is -0.917. The number of carbonyl (C=O) groups excluding carboxylic acids is 1. The van der Waals surface area contributed by atoms with Crippen LogP contribution in [-0.4, -0.2) is 40.8 Å². The second kappa shape index (κ2) is 4.99. The van der Waals surface area contributed by atoms with Gasteiger partial charge < -0.3 is 15.6 Å². The number of carboxylic acid groups (broad SMARTS) is 1. The van der Waals surface area contributed by atoms with Crippen LogP contribution in [0.15, 0.2) is 0 Å². The van der Waals surface area contributed by atoms with Crippen molar-refractivity contribution in [1.82, 2.24) is 0 Å². The smallest absolute Gasteiger partial charge is 0.465 e. The predicted octanol–water partition coefficient (Wildman–Crippen LogP) is 2.47. The van der Waals surface area contributed by atoms with Gasteiger partial charge in [-0.1, -0.05) is 0 Å². The number of anilines is 1. The third-order valence-electron chi connectivity index (χ3n) is 4.31. The van der Waals surface area contributed by atoms with Gasteiger partial charge in [-0.2, -0.15) is 4.79 Å². The maximum absolute atomic E-state index is 11.9. The largest absolute Gasteiger partial charge is 0.514 e. The average Bonchev–Trinajstić information content (AvgIpc) is 2.70. The molecule has 0 fully saturated rings. The number of fused-ring (bicyclic) bond motifs is 1. The number of hydrogen-bond acceptors (Lipinski definition) is 5. The van der Waals surface area contributed by atoms with Gasteiger partial charge in [0.2, 0.25) is 0 Å². The van der Waals surface area contributed by atoms with Gasteiger partial charge in [0.1, 0.15) is 17.1 Å². The Morgan fingerprint density at radius 2 is 2.00 bits per heavy atom. The number of hydrogen-bond donors (Lipinski definition) is 2. The lowest BCUT2D eigenvalue weighted by Crippen LogP contribution is -2.64. The van der Waals surface area contributed by atoms with Gasteiger partial charge in [-0.25, -0.2) is 9.28 Å². The Labute approximate surface area is 127 Å². The number of ether oxygens (including phenoxy) is 1. The van der Waals surface area contributed by atoms with Crippen LogP contribution in [0.5, 0.6) is 0 Å². The molecule has 0 saturated heterocycles. The Kier molecular flexibility index (Phi) is 3.75. The number of methoxy groups -OCH3 is 1. The molecule has 0 aliphatic carbocycles. The fourth-order valence-corrected chi connectivity index (χ4v) is 4.09. The molecule has 1 aromatic heterocycles. The van der Waals surface area contributed by atoms with Crippen LogP contribution in [0.3, 0.4) is 0 Å². The van der Waals surface area contributed by atoms with Gasteiger partial charge >= 0.3 is 12.1 Å². The van der Waals surface area contributed by atoms with Crippen molar-refractivity contribution < 1.29 is 23.9 Å². The summed E-state index contributed by atoms with van der Waals surface area (Å²) in [7, 11) is 1.32. The van der Waals surface area contributed by atoms with E-state index < -0.39 is 17.6 Å². The minimum Gasteiger partial charge on any atom is -0.465 e. The van der Waals surface area contributed by atoms with Crippen molar-refractivity contribution in [3.05, 3.63) is 16.0 Å². The topological polar surface area (TPSA) is 89.6 Å². The normalized spacial score (nSPS) is 21.7. The predicted molar refractivity (Wildman–Crippen MR) is 80.4 cm³/mol. The summed E-state index contributed by atoms with van der Waals surface area (Å²) in [4.78, 5) is 24.6. The van der Waals surface area contributed by atoms with E-state index in [1.807, 2.05) is 20.8 Å². The van der Waals surface area contributed by atoms with Gasteiger partial charge in [0.25, 0.3) is 0 Å². The van der Waals surface area contributed by atoms with Crippen molar-refractivity contribution in [1.29, 1.82) is 0 Å². The molecule has 1 aliphatic heterocycles. The first-order chi connectivity index (χ1) is 9.64. The Morgan fingerprint density at radius 3 is 2.48 bits per heavy atom. The van der Waals surface area contributed by atoms with Crippen LogP contribution < -0.4 is 5.73 Å². The Morgan fingerprint density at radius 1 is 1.38 bits per heavy atom. The molecule has 2 heterocycles. The van der Waals surface area contributed by atoms with E-state index in [1.54, 1.807) is 0 Å². The van der Waals surface area contributed by atoms with Gasteiger partial charge in [-0.15, -0.1) is 11.3 Å². The van der Waals surface area contributed by atoms with Gasteiger partial charge in [-0.05, 0) is 26.3 Å². The van der Waals surface area contributed by atoms with E-state index in [0.29, 0.717) is 30.1 Å². The van der Waals surface area contributed by atoms with Crippen molar-refractivity contribution in [2.75, 3.05) is 19.4 Å². The zero-order valence-electron chi connectivity index (χ0n) is 12.7. The molecule has 1 amide bonds. The summed E-state index contributed by atoms with van der Waals surface area (Å²) < 4.78 is 4.72. The van der Waals surface area contributed by atoms with Crippen LogP contribution in [0.4, 0.5) is 9.80 Å². The first kappa shape index (κ1) is 15.8. The molecule has 0 saturated carbocycles. The van der Waals surface area contributed by atoms with Crippen molar-refractivity contribution in [2.24, 2.45) is 0 Å². The summed E-state index contributed by atoms with van der Waals surface area (Å²) in [5.41, 5.74) is 6.76. The lowest BCUT2D eigenvalue weighted by atomic mass is 9.94. The second-order valence-electron chi connectivity index (χ2n) is 6.29. The molecule has 1 unspecified atom stereocenters. The molecule has 1 atom stereocenters. The fraction of sp³-hybridized carbons (Fsp3) is 0.571. The second-order valence-corrected chi connectivity index (χ2v) is 7.42. The van der Waals surface area contributed by atoms with Crippen LogP contribution in [0.2, 0.25) is 0 Å². The highest BCUT2D eigenvalue weighted by molar-refractivity contribution is 7.16. The average molecular weight is 313 g/mol. The van der Waals surface area contributed by atoms with E-state index >= 15 is 0 Å². The Balaban J connectivity index is 2.51. The number of thiophene rings is 1. The highest BCUT2D eigenvalue weighted by atomic mass is 32.1. The number of amides is 1. The summed E-state index contributed by atoms with van der Waals surface area (Å²) in [6, 6.07) is 0. The minimum absolute atomic E-state index is 0.0550. The van der Waals surface area contributed by atoms with Crippen molar-refractivity contribution in [3.8, 4) is 0 Å². The van der Waals surface area contributed by atoms with E-state index in [1.165, 1.54) is 18.4 Å². The van der Waals surface area contributed by atoms with Gasteiger partial charge in [0.15, 0.2) is 0 Å². The SMILES string of the molecule is COC(=O)c1c(N)sc2c1CC[N+](C(=O)O)(C(C)(C)C)C2. The molecular formula is C14H21N2O4S+. The number of nitrogens with two attached hydrogens (primary N) is 1. The standard InChI is InChI=1S/C14H20N2O4S/c1-14(2,3)16(13(18)19)6-5-8-9(7-16)21-11(15)10(8)12(17)20-4/h5-7H2,1-4H3,(H2-,15,17,18,19)/p+1.